The fourth-order valence-corrected chi connectivity index (χ4v) is 1.56. The molecule has 0 fully saturated rings. The average Bonchev–Trinajstić information content (AvgIpc) is 2.03. The fourth-order valence-electron chi connectivity index (χ4n) is 1.56. The van der Waals surface area contributed by atoms with Gasteiger partial charge < -0.3 is 5.11 Å². The van der Waals surface area contributed by atoms with Crippen LogP contribution in [0.3, 0.4) is 0 Å². The molecule has 1 N–H and O–H groups in total. The van der Waals surface area contributed by atoms with Crippen LogP contribution in [0.2, 0.25) is 0 Å². The molecule has 0 heterocycles. The second-order valence-corrected chi connectivity index (χ2v) is 3.57. The first-order valence-electron chi connectivity index (χ1n) is 4.83. The quantitative estimate of drug-likeness (QED) is 0.607. The average molecular weight is 155 g/mol. The Morgan fingerprint density at radius 2 is 2.55 bits per heavy atom. The van der Waals surface area contributed by atoms with E-state index in [1.54, 1.807) is 0 Å². The summed E-state index contributed by atoms with van der Waals surface area (Å²) in [5, 5.41) is 8.86. The first-order chi connectivity index (χ1) is 5.54. The molecule has 1 rings (SSSR count). The van der Waals surface area contributed by atoms with E-state index in [9.17, 15) is 0 Å². The van der Waals surface area contributed by atoms with Gasteiger partial charge in [-0.1, -0.05) is 19.9 Å². The van der Waals surface area contributed by atoms with E-state index in [0.29, 0.717) is 5.92 Å². The maximum Gasteiger partial charge on any atom is 0.0641 e. The SMILES string of the molecule is [2H]C(C)(C)C1CC=C(CO)CC1. The van der Waals surface area contributed by atoms with E-state index in [1.165, 1.54) is 0 Å². The highest BCUT2D eigenvalue weighted by atomic mass is 16.3. The topological polar surface area (TPSA) is 20.2 Å². The van der Waals surface area contributed by atoms with Crippen LogP contribution < -0.4 is 0 Å². The van der Waals surface area contributed by atoms with Gasteiger partial charge in [0.05, 0.1) is 6.61 Å². The molecule has 1 heteroatoms. The Labute approximate surface area is 70.5 Å². The highest BCUT2D eigenvalue weighted by molar-refractivity contribution is 5.06. The summed E-state index contributed by atoms with van der Waals surface area (Å²) in [5.41, 5.74) is 1.15. The lowest BCUT2D eigenvalue weighted by molar-refractivity contribution is 0.299. The van der Waals surface area contributed by atoms with E-state index in [4.69, 9.17) is 6.48 Å². The predicted molar refractivity (Wildman–Crippen MR) is 47.3 cm³/mol. The number of allylic oxidation sites excluding steroid dienone is 1. The molecule has 1 unspecified atom stereocenters. The standard InChI is InChI=1S/C10H18O/c1-8(2)10-5-3-9(7-11)4-6-10/h3,8,10-11H,4-7H2,1-2H3/i8D. The van der Waals surface area contributed by atoms with E-state index >= 15 is 0 Å². The molecule has 0 saturated carbocycles. The van der Waals surface area contributed by atoms with Gasteiger partial charge in [-0.05, 0) is 36.6 Å². The van der Waals surface area contributed by atoms with Crippen molar-refractivity contribution in [1.29, 1.82) is 0 Å². The lowest BCUT2D eigenvalue weighted by atomic mass is 9.82. The van der Waals surface area contributed by atoms with E-state index in [1.807, 2.05) is 13.8 Å². The van der Waals surface area contributed by atoms with Crippen LogP contribution in [0.15, 0.2) is 11.6 Å². The van der Waals surface area contributed by atoms with Crippen LogP contribution >= 0.6 is 0 Å². The maximum absolute atomic E-state index is 8.86. The van der Waals surface area contributed by atoms with Gasteiger partial charge in [0.1, 0.15) is 0 Å². The highest BCUT2D eigenvalue weighted by Gasteiger charge is 2.16. The normalized spacial score (nSPS) is 27.7. The van der Waals surface area contributed by atoms with E-state index in [2.05, 4.69) is 6.08 Å². The van der Waals surface area contributed by atoms with E-state index in [0.717, 1.165) is 24.8 Å². The van der Waals surface area contributed by atoms with Crippen molar-refractivity contribution in [1.82, 2.24) is 0 Å². The smallest absolute Gasteiger partial charge is 0.0641 e. The zero-order chi connectivity index (χ0) is 9.19. The summed E-state index contributed by atoms with van der Waals surface area (Å²) in [6.45, 7) is 4.13. The third-order valence-electron chi connectivity index (χ3n) is 2.52. The molecule has 0 saturated heterocycles. The molecule has 1 atom stereocenters. The highest BCUT2D eigenvalue weighted by Crippen LogP contribution is 2.28. The van der Waals surface area contributed by atoms with E-state index < -0.39 is 0 Å². The number of rotatable bonds is 2. The van der Waals surface area contributed by atoms with Gasteiger partial charge in [0.2, 0.25) is 0 Å². The number of hydrogen-bond acceptors (Lipinski definition) is 1. The Kier molecular flexibility index (Phi) is 2.62. The summed E-state index contributed by atoms with van der Waals surface area (Å²) >= 11 is 0. The van der Waals surface area contributed by atoms with E-state index in [-0.39, 0.29) is 12.5 Å². The molecule has 1 nitrogen and oxygen atoms in total. The molecule has 64 valence electrons. The van der Waals surface area contributed by atoms with Crippen LogP contribution in [0.4, 0.5) is 0 Å². The molecule has 0 aliphatic heterocycles. The van der Waals surface area contributed by atoms with Crippen molar-refractivity contribution >= 4 is 0 Å². The molecule has 1 aliphatic rings. The molecule has 0 aromatic rings. The minimum absolute atomic E-state index is 0.200. The molecule has 0 aromatic carbocycles. The Balaban J connectivity index is 2.52. The van der Waals surface area contributed by atoms with Crippen LogP contribution in [0, 0.1) is 11.8 Å². The monoisotopic (exact) mass is 155 g/mol. The largest absolute Gasteiger partial charge is 0.392 e. The van der Waals surface area contributed by atoms with Gasteiger partial charge in [-0.2, -0.15) is 0 Å². The Bertz CT molecular complexity index is 179. The maximum atomic E-state index is 8.86. The molecular formula is C10H18O. The Morgan fingerprint density at radius 1 is 1.82 bits per heavy atom. The summed E-state index contributed by atoms with van der Waals surface area (Å²) in [6, 6.07) is 0. The van der Waals surface area contributed by atoms with Crippen molar-refractivity contribution in [3.05, 3.63) is 11.6 Å². The zero-order valence-electron chi connectivity index (χ0n) is 8.43. The summed E-state index contributed by atoms with van der Waals surface area (Å²) in [7, 11) is 0. The van der Waals surface area contributed by atoms with Crippen LogP contribution in [0.5, 0.6) is 0 Å². The summed E-state index contributed by atoms with van der Waals surface area (Å²) in [5.74, 6) is 0.144. The van der Waals surface area contributed by atoms with Gasteiger partial charge in [0.15, 0.2) is 0 Å². The lowest BCUT2D eigenvalue weighted by Crippen LogP contribution is -2.12. The first kappa shape index (κ1) is 7.35. The second-order valence-electron chi connectivity index (χ2n) is 3.57. The van der Waals surface area contributed by atoms with Crippen molar-refractivity contribution in [3.63, 3.8) is 0 Å². The Morgan fingerprint density at radius 3 is 2.91 bits per heavy atom. The first-order valence-corrected chi connectivity index (χ1v) is 4.33. The third-order valence-corrected chi connectivity index (χ3v) is 2.52. The molecular weight excluding hydrogens is 136 g/mol. The molecule has 1 aliphatic carbocycles. The lowest BCUT2D eigenvalue weighted by Gasteiger charge is -2.24. The predicted octanol–water partition coefficient (Wildman–Crippen LogP) is 2.36. The zero-order valence-corrected chi connectivity index (χ0v) is 7.43. The van der Waals surface area contributed by atoms with Crippen LogP contribution in [-0.4, -0.2) is 11.7 Å². The van der Waals surface area contributed by atoms with Crippen LogP contribution in [-0.2, 0) is 0 Å². The van der Waals surface area contributed by atoms with Crippen LogP contribution in [0.25, 0.3) is 0 Å². The minimum atomic E-state index is -0.322. The summed E-state index contributed by atoms with van der Waals surface area (Å²) in [6.07, 6.45) is 5.10. The van der Waals surface area contributed by atoms with Gasteiger partial charge in [-0.3, -0.25) is 0 Å². The fraction of sp³-hybridized carbons (Fsp3) is 0.800. The number of aliphatic hydroxyl groups is 1. The molecule has 11 heavy (non-hydrogen) atoms. The molecule has 0 spiro atoms. The second kappa shape index (κ2) is 3.91. The van der Waals surface area contributed by atoms with Gasteiger partial charge >= 0.3 is 0 Å². The van der Waals surface area contributed by atoms with Crippen LogP contribution in [0.1, 0.15) is 34.5 Å². The molecule has 0 radical (unpaired) electrons. The molecule has 0 amide bonds. The van der Waals surface area contributed by atoms with Crippen molar-refractivity contribution < 1.29 is 6.48 Å². The van der Waals surface area contributed by atoms with Crippen molar-refractivity contribution in [2.45, 2.75) is 33.1 Å². The van der Waals surface area contributed by atoms with Gasteiger partial charge in [-0.25, -0.2) is 0 Å². The van der Waals surface area contributed by atoms with Gasteiger partial charge in [-0.15, -0.1) is 0 Å². The molecule has 0 aromatic heterocycles. The van der Waals surface area contributed by atoms with Gasteiger partial charge in [0.25, 0.3) is 0 Å². The van der Waals surface area contributed by atoms with Crippen molar-refractivity contribution in [2.75, 3.05) is 6.61 Å². The summed E-state index contributed by atoms with van der Waals surface area (Å²) < 4.78 is 7.86. The molecule has 0 bridgehead atoms. The minimum Gasteiger partial charge on any atom is -0.392 e. The summed E-state index contributed by atoms with van der Waals surface area (Å²) in [4.78, 5) is 0. The van der Waals surface area contributed by atoms with Crippen molar-refractivity contribution in [3.8, 4) is 0 Å². The number of hydrogen-bond donors (Lipinski definition) is 1. The Hall–Kier alpha value is -0.300. The van der Waals surface area contributed by atoms with Crippen molar-refractivity contribution in [2.24, 2.45) is 11.8 Å². The third kappa shape index (κ3) is 2.33. The van der Waals surface area contributed by atoms with Gasteiger partial charge in [0, 0.05) is 1.37 Å². The number of aliphatic hydroxyl groups excluding tert-OH is 1.